The Balaban J connectivity index is 1.57. The third-order valence-electron chi connectivity index (χ3n) is 4.21. The first kappa shape index (κ1) is 18.3. The van der Waals surface area contributed by atoms with E-state index in [0.717, 1.165) is 11.3 Å². The van der Waals surface area contributed by atoms with E-state index in [0.29, 0.717) is 5.56 Å². The van der Waals surface area contributed by atoms with Crippen molar-refractivity contribution in [2.45, 2.75) is 25.9 Å². The van der Waals surface area contributed by atoms with Gasteiger partial charge in [0.1, 0.15) is 18.7 Å². The first-order valence-electron chi connectivity index (χ1n) is 8.66. The summed E-state index contributed by atoms with van der Waals surface area (Å²) < 4.78 is 1.66. The van der Waals surface area contributed by atoms with Crippen LogP contribution in [0.5, 0.6) is 0 Å². The van der Waals surface area contributed by atoms with Gasteiger partial charge in [-0.2, -0.15) is 5.10 Å². The number of carbonyl (C=O) groups excluding carboxylic acids is 2. The molecule has 2 amide bonds. The summed E-state index contributed by atoms with van der Waals surface area (Å²) in [6.07, 6.45) is 3.10. The van der Waals surface area contributed by atoms with Crippen molar-refractivity contribution in [3.05, 3.63) is 78.4 Å². The van der Waals surface area contributed by atoms with Crippen molar-refractivity contribution in [2.75, 3.05) is 0 Å². The molecule has 7 nitrogen and oxygen atoms in total. The molecular formula is C20H21N5O2. The summed E-state index contributed by atoms with van der Waals surface area (Å²) in [5.74, 6) is -0.518. The first-order valence-corrected chi connectivity index (χ1v) is 8.66. The zero-order chi connectivity index (χ0) is 19.2. The van der Waals surface area contributed by atoms with E-state index in [1.807, 2.05) is 37.3 Å². The Bertz CT molecular complexity index is 892. The fourth-order valence-electron chi connectivity index (χ4n) is 2.61. The maximum atomic E-state index is 12.4. The van der Waals surface area contributed by atoms with E-state index >= 15 is 0 Å². The summed E-state index contributed by atoms with van der Waals surface area (Å²) in [5.41, 5.74) is 2.36. The van der Waals surface area contributed by atoms with Gasteiger partial charge in [-0.25, -0.2) is 9.67 Å². The molecule has 138 valence electrons. The number of hydrogen-bond acceptors (Lipinski definition) is 4. The Morgan fingerprint density at radius 3 is 2.30 bits per heavy atom. The van der Waals surface area contributed by atoms with Crippen LogP contribution in [0.15, 0.2) is 67.3 Å². The maximum absolute atomic E-state index is 12.4. The molecule has 0 aliphatic heterocycles. The molecule has 0 spiro atoms. The van der Waals surface area contributed by atoms with E-state index < -0.39 is 6.04 Å². The number of hydrogen-bond donors (Lipinski definition) is 2. The van der Waals surface area contributed by atoms with Crippen LogP contribution in [0.2, 0.25) is 0 Å². The lowest BCUT2D eigenvalue weighted by Gasteiger charge is -2.19. The minimum Gasteiger partial charge on any atom is -0.348 e. The van der Waals surface area contributed by atoms with E-state index in [1.165, 1.54) is 6.33 Å². The highest BCUT2D eigenvalue weighted by Crippen LogP contribution is 2.15. The third kappa shape index (κ3) is 4.58. The molecular weight excluding hydrogens is 342 g/mol. The van der Waals surface area contributed by atoms with E-state index in [4.69, 9.17) is 0 Å². The smallest absolute Gasteiger partial charge is 0.251 e. The monoisotopic (exact) mass is 363 g/mol. The molecule has 0 radical (unpaired) electrons. The average Bonchev–Trinajstić information content (AvgIpc) is 3.23. The van der Waals surface area contributed by atoms with E-state index in [9.17, 15) is 9.59 Å². The number of carbonyl (C=O) groups is 2. The van der Waals surface area contributed by atoms with Crippen molar-refractivity contribution in [1.82, 2.24) is 25.4 Å². The highest BCUT2D eigenvalue weighted by molar-refractivity contribution is 5.97. The standard InChI is InChI=1S/C20H21N5O2/c1-14(16-8-10-18(11-9-16)25-13-21-12-22-25)23-19(26)15(2)24-20(27)17-6-4-3-5-7-17/h3-15H,1-2H3,(H,23,26)(H,24,27). The van der Waals surface area contributed by atoms with Crippen LogP contribution < -0.4 is 10.6 Å². The molecule has 2 unspecified atom stereocenters. The lowest BCUT2D eigenvalue weighted by molar-refractivity contribution is -0.123. The Labute approximate surface area is 157 Å². The quantitative estimate of drug-likeness (QED) is 0.703. The predicted octanol–water partition coefficient (Wildman–Crippen LogP) is 2.26. The summed E-state index contributed by atoms with van der Waals surface area (Å²) in [6.45, 7) is 3.56. The highest BCUT2D eigenvalue weighted by Gasteiger charge is 2.18. The van der Waals surface area contributed by atoms with Crippen LogP contribution in [-0.2, 0) is 4.79 Å². The van der Waals surface area contributed by atoms with Gasteiger partial charge in [0.05, 0.1) is 11.7 Å². The minimum absolute atomic E-state index is 0.196. The van der Waals surface area contributed by atoms with Crippen LogP contribution in [0.1, 0.15) is 35.8 Å². The molecule has 1 heterocycles. The lowest BCUT2D eigenvalue weighted by Crippen LogP contribution is -2.45. The van der Waals surface area contributed by atoms with Crippen LogP contribution in [0.4, 0.5) is 0 Å². The maximum Gasteiger partial charge on any atom is 0.251 e. The Hall–Kier alpha value is -3.48. The van der Waals surface area contributed by atoms with Gasteiger partial charge in [-0.15, -0.1) is 0 Å². The van der Waals surface area contributed by atoms with Crippen LogP contribution in [-0.4, -0.2) is 32.6 Å². The molecule has 27 heavy (non-hydrogen) atoms. The van der Waals surface area contributed by atoms with Gasteiger partial charge < -0.3 is 10.6 Å². The van der Waals surface area contributed by atoms with E-state index in [2.05, 4.69) is 20.7 Å². The van der Waals surface area contributed by atoms with E-state index in [-0.39, 0.29) is 17.9 Å². The second kappa shape index (κ2) is 8.27. The van der Waals surface area contributed by atoms with Gasteiger partial charge in [-0.05, 0) is 43.7 Å². The van der Waals surface area contributed by atoms with Crippen LogP contribution >= 0.6 is 0 Å². The highest BCUT2D eigenvalue weighted by atomic mass is 16.2. The zero-order valence-electron chi connectivity index (χ0n) is 15.2. The molecule has 1 aromatic heterocycles. The van der Waals surface area contributed by atoms with Gasteiger partial charge in [-0.1, -0.05) is 30.3 Å². The lowest BCUT2D eigenvalue weighted by atomic mass is 10.1. The molecule has 0 aliphatic rings. The molecule has 2 aromatic carbocycles. The van der Waals surface area contributed by atoms with Gasteiger partial charge >= 0.3 is 0 Å². The number of aromatic nitrogens is 3. The van der Waals surface area contributed by atoms with Crippen molar-refractivity contribution in [2.24, 2.45) is 0 Å². The van der Waals surface area contributed by atoms with E-state index in [1.54, 1.807) is 42.2 Å². The summed E-state index contributed by atoms with van der Waals surface area (Å²) in [4.78, 5) is 28.5. The van der Waals surface area contributed by atoms with Crippen molar-refractivity contribution in [1.29, 1.82) is 0 Å². The van der Waals surface area contributed by atoms with Crippen molar-refractivity contribution >= 4 is 11.8 Å². The van der Waals surface area contributed by atoms with Gasteiger partial charge in [0.25, 0.3) is 5.91 Å². The van der Waals surface area contributed by atoms with Crippen molar-refractivity contribution < 1.29 is 9.59 Å². The number of rotatable bonds is 6. The summed E-state index contributed by atoms with van der Waals surface area (Å²) in [5, 5.41) is 9.71. The number of amides is 2. The second-order valence-electron chi connectivity index (χ2n) is 6.22. The summed E-state index contributed by atoms with van der Waals surface area (Å²) in [6, 6.07) is 15.6. The Morgan fingerprint density at radius 1 is 0.963 bits per heavy atom. The normalized spacial score (nSPS) is 12.8. The van der Waals surface area contributed by atoms with Crippen LogP contribution in [0.25, 0.3) is 5.69 Å². The first-order chi connectivity index (χ1) is 13.0. The van der Waals surface area contributed by atoms with Gasteiger partial charge in [-0.3, -0.25) is 9.59 Å². The Kier molecular flexibility index (Phi) is 5.61. The topological polar surface area (TPSA) is 88.9 Å². The van der Waals surface area contributed by atoms with Gasteiger partial charge in [0.2, 0.25) is 5.91 Å². The second-order valence-corrected chi connectivity index (χ2v) is 6.22. The van der Waals surface area contributed by atoms with Crippen molar-refractivity contribution in [3.8, 4) is 5.69 Å². The van der Waals surface area contributed by atoms with Crippen LogP contribution in [0.3, 0.4) is 0 Å². The largest absolute Gasteiger partial charge is 0.348 e. The van der Waals surface area contributed by atoms with Crippen molar-refractivity contribution in [3.63, 3.8) is 0 Å². The molecule has 3 rings (SSSR count). The molecule has 0 bridgehead atoms. The minimum atomic E-state index is -0.644. The Morgan fingerprint density at radius 2 is 1.67 bits per heavy atom. The average molecular weight is 363 g/mol. The molecule has 7 heteroatoms. The zero-order valence-corrected chi connectivity index (χ0v) is 15.2. The number of nitrogens with zero attached hydrogens (tertiary/aromatic N) is 3. The molecule has 0 saturated heterocycles. The molecule has 0 aliphatic carbocycles. The number of nitrogens with one attached hydrogen (secondary N) is 2. The summed E-state index contributed by atoms with van der Waals surface area (Å²) >= 11 is 0. The van der Waals surface area contributed by atoms with Gasteiger partial charge in [0, 0.05) is 5.56 Å². The molecule has 2 atom stereocenters. The molecule has 0 fully saturated rings. The fraction of sp³-hybridized carbons (Fsp3) is 0.200. The van der Waals surface area contributed by atoms with Gasteiger partial charge in [0.15, 0.2) is 0 Å². The molecule has 0 saturated carbocycles. The SMILES string of the molecule is CC(NC(=O)c1ccccc1)C(=O)NC(C)c1ccc(-n2cncn2)cc1. The third-order valence-corrected chi connectivity index (χ3v) is 4.21. The number of benzene rings is 2. The van der Waals surface area contributed by atoms with Crippen LogP contribution in [0, 0.1) is 0 Å². The molecule has 2 N–H and O–H groups in total. The summed E-state index contributed by atoms with van der Waals surface area (Å²) in [7, 11) is 0. The molecule has 3 aromatic rings. The fourth-order valence-corrected chi connectivity index (χ4v) is 2.61. The predicted molar refractivity (Wildman–Crippen MR) is 101 cm³/mol.